The zero-order valence-corrected chi connectivity index (χ0v) is 11.5. The van der Waals surface area contributed by atoms with Gasteiger partial charge < -0.3 is 14.8 Å². The Bertz CT molecular complexity index is 380. The first-order valence-corrected chi connectivity index (χ1v) is 6.20. The van der Waals surface area contributed by atoms with Crippen LogP contribution >= 0.6 is 0 Å². The molecule has 1 aromatic rings. The van der Waals surface area contributed by atoms with Gasteiger partial charge in [-0.25, -0.2) is 4.39 Å². The topological polar surface area (TPSA) is 30.5 Å². The fourth-order valence-electron chi connectivity index (χ4n) is 1.49. The molecule has 1 aromatic carbocycles. The van der Waals surface area contributed by atoms with Crippen molar-refractivity contribution in [3.8, 4) is 5.75 Å². The van der Waals surface area contributed by atoms with E-state index in [2.05, 4.69) is 5.32 Å². The molecule has 0 fully saturated rings. The molecule has 0 aromatic heterocycles. The van der Waals surface area contributed by atoms with Crippen LogP contribution in [0.2, 0.25) is 0 Å². The van der Waals surface area contributed by atoms with E-state index >= 15 is 0 Å². The number of halogens is 1. The van der Waals surface area contributed by atoms with E-state index in [-0.39, 0.29) is 11.4 Å². The fourth-order valence-corrected chi connectivity index (χ4v) is 1.49. The van der Waals surface area contributed by atoms with Crippen molar-refractivity contribution in [1.29, 1.82) is 0 Å². The van der Waals surface area contributed by atoms with Crippen LogP contribution in [0.5, 0.6) is 5.75 Å². The van der Waals surface area contributed by atoms with Crippen molar-refractivity contribution in [1.82, 2.24) is 0 Å². The summed E-state index contributed by atoms with van der Waals surface area (Å²) >= 11 is 0. The van der Waals surface area contributed by atoms with Crippen molar-refractivity contribution in [2.75, 3.05) is 25.6 Å². The molecular formula is C14H22FNO2. The minimum Gasteiger partial charge on any atom is -0.491 e. The van der Waals surface area contributed by atoms with Gasteiger partial charge in [0.25, 0.3) is 0 Å². The number of ether oxygens (including phenoxy) is 2. The number of rotatable bonds is 7. The van der Waals surface area contributed by atoms with E-state index in [1.807, 2.05) is 26.8 Å². The minimum absolute atomic E-state index is 0.170. The maximum atomic E-state index is 13.6. The van der Waals surface area contributed by atoms with Gasteiger partial charge in [-0.3, -0.25) is 0 Å². The van der Waals surface area contributed by atoms with Crippen LogP contribution in [-0.2, 0) is 4.74 Å². The van der Waals surface area contributed by atoms with Crippen molar-refractivity contribution >= 4 is 5.69 Å². The SMILES string of the molecule is CCOc1ccc(NCCC(C)(C)OC)cc1F. The van der Waals surface area contributed by atoms with Gasteiger partial charge in [-0.15, -0.1) is 0 Å². The predicted molar refractivity (Wildman–Crippen MR) is 71.8 cm³/mol. The van der Waals surface area contributed by atoms with Crippen LogP contribution in [0.3, 0.4) is 0 Å². The van der Waals surface area contributed by atoms with Gasteiger partial charge in [-0.2, -0.15) is 0 Å². The second-order valence-electron chi connectivity index (χ2n) is 4.72. The van der Waals surface area contributed by atoms with Crippen molar-refractivity contribution in [3.05, 3.63) is 24.0 Å². The summed E-state index contributed by atoms with van der Waals surface area (Å²) in [6.45, 7) is 7.07. The summed E-state index contributed by atoms with van der Waals surface area (Å²) < 4.78 is 24.0. The first-order chi connectivity index (χ1) is 8.48. The third-order valence-electron chi connectivity index (χ3n) is 2.84. The van der Waals surface area contributed by atoms with E-state index < -0.39 is 0 Å². The number of methoxy groups -OCH3 is 1. The molecule has 0 saturated heterocycles. The standard InChI is InChI=1S/C14H22FNO2/c1-5-18-13-7-6-11(10-12(13)15)16-9-8-14(2,3)17-4/h6-7,10,16H,5,8-9H2,1-4H3. The second-order valence-corrected chi connectivity index (χ2v) is 4.72. The van der Waals surface area contributed by atoms with Gasteiger partial charge in [0, 0.05) is 25.4 Å². The molecular weight excluding hydrogens is 233 g/mol. The lowest BCUT2D eigenvalue weighted by atomic mass is 10.1. The molecule has 1 N–H and O–H groups in total. The summed E-state index contributed by atoms with van der Waals surface area (Å²) in [7, 11) is 1.69. The van der Waals surface area contributed by atoms with E-state index in [0.29, 0.717) is 12.4 Å². The molecule has 0 spiro atoms. The van der Waals surface area contributed by atoms with Gasteiger partial charge in [0.2, 0.25) is 0 Å². The Balaban J connectivity index is 2.51. The molecule has 18 heavy (non-hydrogen) atoms. The highest BCUT2D eigenvalue weighted by Crippen LogP contribution is 2.21. The normalized spacial score (nSPS) is 11.4. The largest absolute Gasteiger partial charge is 0.491 e. The van der Waals surface area contributed by atoms with Crippen molar-refractivity contribution in [2.45, 2.75) is 32.8 Å². The summed E-state index contributed by atoms with van der Waals surface area (Å²) in [5.74, 6) is -0.0480. The molecule has 102 valence electrons. The molecule has 0 heterocycles. The van der Waals surface area contributed by atoms with Gasteiger partial charge in [0.15, 0.2) is 11.6 Å². The van der Waals surface area contributed by atoms with Crippen molar-refractivity contribution in [2.24, 2.45) is 0 Å². The zero-order chi connectivity index (χ0) is 13.6. The monoisotopic (exact) mass is 255 g/mol. The third-order valence-corrected chi connectivity index (χ3v) is 2.84. The summed E-state index contributed by atoms with van der Waals surface area (Å²) in [6.07, 6.45) is 0.846. The second kappa shape index (κ2) is 6.59. The van der Waals surface area contributed by atoms with Crippen LogP contribution in [0, 0.1) is 5.82 Å². The molecule has 0 atom stereocenters. The van der Waals surface area contributed by atoms with Crippen LogP contribution in [0.1, 0.15) is 27.2 Å². The van der Waals surface area contributed by atoms with Crippen LogP contribution in [0.25, 0.3) is 0 Å². The Morgan fingerprint density at radius 3 is 2.61 bits per heavy atom. The highest BCUT2D eigenvalue weighted by atomic mass is 19.1. The number of hydrogen-bond acceptors (Lipinski definition) is 3. The summed E-state index contributed by atoms with van der Waals surface area (Å²) in [4.78, 5) is 0. The van der Waals surface area contributed by atoms with Crippen molar-refractivity contribution < 1.29 is 13.9 Å². The maximum absolute atomic E-state index is 13.6. The van der Waals surface area contributed by atoms with E-state index in [1.165, 1.54) is 6.07 Å². The molecule has 3 nitrogen and oxygen atoms in total. The minimum atomic E-state index is -0.340. The van der Waals surface area contributed by atoms with E-state index in [9.17, 15) is 4.39 Å². The lowest BCUT2D eigenvalue weighted by Gasteiger charge is -2.23. The van der Waals surface area contributed by atoms with Crippen LogP contribution in [0.4, 0.5) is 10.1 Å². The molecule has 0 bridgehead atoms. The summed E-state index contributed by atoms with van der Waals surface area (Å²) in [5.41, 5.74) is 0.583. The van der Waals surface area contributed by atoms with Crippen molar-refractivity contribution in [3.63, 3.8) is 0 Å². The molecule has 0 amide bonds. The Labute approximate surface area is 108 Å². The molecule has 0 radical (unpaired) electrons. The Morgan fingerprint density at radius 1 is 1.33 bits per heavy atom. The molecule has 4 heteroatoms. The quantitative estimate of drug-likeness (QED) is 0.809. The van der Waals surface area contributed by atoms with E-state index in [1.54, 1.807) is 13.2 Å². The molecule has 1 rings (SSSR count). The Kier molecular flexibility index (Phi) is 5.41. The van der Waals surface area contributed by atoms with E-state index in [0.717, 1.165) is 18.7 Å². The fraction of sp³-hybridized carbons (Fsp3) is 0.571. The molecule has 0 aliphatic rings. The summed E-state index contributed by atoms with van der Waals surface area (Å²) in [5, 5.41) is 3.17. The van der Waals surface area contributed by atoms with Gasteiger partial charge in [0.1, 0.15) is 0 Å². The van der Waals surface area contributed by atoms with Gasteiger partial charge in [0.05, 0.1) is 12.2 Å². The Morgan fingerprint density at radius 2 is 2.06 bits per heavy atom. The van der Waals surface area contributed by atoms with Gasteiger partial charge in [-0.05, 0) is 39.3 Å². The van der Waals surface area contributed by atoms with Crippen LogP contribution in [-0.4, -0.2) is 25.9 Å². The third kappa shape index (κ3) is 4.53. The number of benzene rings is 1. The Hall–Kier alpha value is -1.29. The lowest BCUT2D eigenvalue weighted by Crippen LogP contribution is -2.25. The lowest BCUT2D eigenvalue weighted by molar-refractivity contribution is 0.0185. The number of hydrogen-bond donors (Lipinski definition) is 1. The van der Waals surface area contributed by atoms with Gasteiger partial charge in [-0.1, -0.05) is 0 Å². The molecule has 0 saturated carbocycles. The zero-order valence-electron chi connectivity index (χ0n) is 11.5. The molecule has 0 unspecified atom stereocenters. The first kappa shape index (κ1) is 14.8. The number of anilines is 1. The van der Waals surface area contributed by atoms with Gasteiger partial charge >= 0.3 is 0 Å². The highest BCUT2D eigenvalue weighted by Gasteiger charge is 2.15. The van der Waals surface area contributed by atoms with Crippen LogP contribution < -0.4 is 10.1 Å². The highest BCUT2D eigenvalue weighted by molar-refractivity contribution is 5.47. The molecule has 0 aliphatic heterocycles. The van der Waals surface area contributed by atoms with Crippen LogP contribution in [0.15, 0.2) is 18.2 Å². The molecule has 0 aliphatic carbocycles. The summed E-state index contributed by atoms with van der Waals surface area (Å²) in [6, 6.07) is 4.90. The average molecular weight is 255 g/mol. The maximum Gasteiger partial charge on any atom is 0.167 e. The number of nitrogens with one attached hydrogen (secondary N) is 1. The smallest absolute Gasteiger partial charge is 0.167 e. The first-order valence-electron chi connectivity index (χ1n) is 6.20. The predicted octanol–water partition coefficient (Wildman–Crippen LogP) is 3.45. The average Bonchev–Trinajstić information content (AvgIpc) is 2.32. The van der Waals surface area contributed by atoms with E-state index in [4.69, 9.17) is 9.47 Å².